The third kappa shape index (κ3) is 3.06. The maximum atomic E-state index is 13.0. The van der Waals surface area contributed by atoms with Crippen LogP contribution in [0.25, 0.3) is 5.78 Å². The summed E-state index contributed by atoms with van der Waals surface area (Å²) in [5.74, 6) is -0.946. The van der Waals surface area contributed by atoms with E-state index in [1.54, 1.807) is 0 Å². The Morgan fingerprint density at radius 2 is 2.09 bits per heavy atom. The predicted octanol–water partition coefficient (Wildman–Crippen LogP) is 1.60. The number of nitrogens with zero attached hydrogens (tertiary/aromatic N) is 4. The largest absolute Gasteiger partial charge is 0.433 e. The quantitative estimate of drug-likeness (QED) is 0.892. The van der Waals surface area contributed by atoms with Gasteiger partial charge >= 0.3 is 6.18 Å². The molecule has 1 saturated carbocycles. The summed E-state index contributed by atoms with van der Waals surface area (Å²) in [6, 6.07) is 0.533. The van der Waals surface area contributed by atoms with Crippen LogP contribution in [0.2, 0.25) is 0 Å². The van der Waals surface area contributed by atoms with Crippen molar-refractivity contribution in [2.45, 2.75) is 37.9 Å². The van der Waals surface area contributed by atoms with E-state index in [0.29, 0.717) is 12.8 Å². The lowest BCUT2D eigenvalue weighted by molar-refractivity contribution is -0.141. The highest BCUT2D eigenvalue weighted by Gasteiger charge is 2.35. The second kappa shape index (κ2) is 5.67. The third-order valence-corrected chi connectivity index (χ3v) is 4.01. The lowest BCUT2D eigenvalue weighted by Crippen LogP contribution is -2.41. The number of hydrogen-bond donors (Lipinski definition) is 2. The van der Waals surface area contributed by atoms with Crippen molar-refractivity contribution in [1.82, 2.24) is 19.6 Å². The second-order valence-corrected chi connectivity index (χ2v) is 5.54. The maximum absolute atomic E-state index is 13.0. The summed E-state index contributed by atoms with van der Waals surface area (Å²) >= 11 is 0. The Bertz CT molecular complexity index is 728. The van der Waals surface area contributed by atoms with Gasteiger partial charge in [0.25, 0.3) is 5.78 Å². The molecule has 2 aromatic rings. The Hall–Kier alpha value is -2.39. The van der Waals surface area contributed by atoms with E-state index in [0.717, 1.165) is 25.2 Å². The number of nitrogens with two attached hydrogens (primary N) is 1. The second-order valence-electron chi connectivity index (χ2n) is 5.54. The molecule has 0 aromatic carbocycles. The van der Waals surface area contributed by atoms with E-state index >= 15 is 0 Å². The summed E-state index contributed by atoms with van der Waals surface area (Å²) in [6.45, 7) is 0. The predicted molar refractivity (Wildman–Crippen MR) is 74.3 cm³/mol. The van der Waals surface area contributed by atoms with Gasteiger partial charge in [-0.25, -0.2) is 4.98 Å². The van der Waals surface area contributed by atoms with E-state index in [4.69, 9.17) is 5.73 Å². The average molecular weight is 328 g/mol. The van der Waals surface area contributed by atoms with Gasteiger partial charge in [0.05, 0.1) is 5.92 Å². The van der Waals surface area contributed by atoms with Crippen LogP contribution in [0.1, 0.15) is 31.4 Å². The highest BCUT2D eigenvalue weighted by Crippen LogP contribution is 2.31. The van der Waals surface area contributed by atoms with Crippen molar-refractivity contribution >= 4 is 17.5 Å². The van der Waals surface area contributed by atoms with Crippen molar-refractivity contribution < 1.29 is 18.0 Å². The molecule has 2 unspecified atom stereocenters. The zero-order valence-corrected chi connectivity index (χ0v) is 12.0. The van der Waals surface area contributed by atoms with Crippen molar-refractivity contribution in [2.75, 3.05) is 5.32 Å². The van der Waals surface area contributed by atoms with Gasteiger partial charge < -0.3 is 11.1 Å². The Balaban J connectivity index is 1.98. The smallest absolute Gasteiger partial charge is 0.369 e. The van der Waals surface area contributed by atoms with Crippen molar-refractivity contribution in [1.29, 1.82) is 0 Å². The first kappa shape index (κ1) is 15.5. The van der Waals surface area contributed by atoms with Crippen LogP contribution in [0.5, 0.6) is 0 Å². The minimum atomic E-state index is -4.60. The van der Waals surface area contributed by atoms with E-state index in [2.05, 4.69) is 20.4 Å². The molecule has 3 rings (SSSR count). The number of rotatable bonds is 3. The van der Waals surface area contributed by atoms with E-state index in [1.807, 2.05) is 0 Å². The molecule has 0 spiro atoms. The molecule has 1 amide bonds. The molecule has 2 heterocycles. The average Bonchev–Trinajstić information content (AvgIpc) is 2.95. The molecule has 0 bridgehead atoms. The number of nitrogens with one attached hydrogen (secondary N) is 1. The molecule has 2 aromatic heterocycles. The van der Waals surface area contributed by atoms with Crippen LogP contribution in [-0.4, -0.2) is 31.5 Å². The van der Waals surface area contributed by atoms with Crippen molar-refractivity contribution in [3.63, 3.8) is 0 Å². The van der Waals surface area contributed by atoms with Gasteiger partial charge in [-0.05, 0) is 12.8 Å². The molecule has 0 aliphatic heterocycles. The fraction of sp³-hybridized carbons (Fsp3) is 0.538. The number of fused-ring (bicyclic) bond motifs is 1. The number of hydrogen-bond acceptors (Lipinski definition) is 5. The normalized spacial score (nSPS) is 22.2. The first-order chi connectivity index (χ1) is 10.9. The fourth-order valence-corrected chi connectivity index (χ4v) is 2.89. The number of anilines is 1. The molecule has 7 nitrogen and oxygen atoms in total. The zero-order chi connectivity index (χ0) is 16.6. The Kier molecular flexibility index (Phi) is 3.82. The van der Waals surface area contributed by atoms with E-state index < -0.39 is 23.7 Å². The monoisotopic (exact) mass is 328 g/mol. The van der Waals surface area contributed by atoms with Gasteiger partial charge in [-0.3, -0.25) is 4.79 Å². The highest BCUT2D eigenvalue weighted by molar-refractivity contribution is 5.78. The highest BCUT2D eigenvalue weighted by atomic mass is 19.4. The van der Waals surface area contributed by atoms with Crippen LogP contribution in [0.15, 0.2) is 12.4 Å². The Labute approximate surface area is 129 Å². The molecule has 1 aliphatic carbocycles. The van der Waals surface area contributed by atoms with Crippen LogP contribution in [-0.2, 0) is 11.0 Å². The number of carbonyl (C=O) groups is 1. The third-order valence-electron chi connectivity index (χ3n) is 4.01. The number of carbonyl (C=O) groups excluding carboxylic acids is 1. The number of halogens is 3. The van der Waals surface area contributed by atoms with Crippen LogP contribution >= 0.6 is 0 Å². The lowest BCUT2D eigenvalue weighted by Gasteiger charge is -2.30. The summed E-state index contributed by atoms with van der Waals surface area (Å²) in [5, 5.41) is 6.85. The van der Waals surface area contributed by atoms with E-state index in [-0.39, 0.29) is 17.6 Å². The first-order valence-electron chi connectivity index (χ1n) is 7.20. The summed E-state index contributed by atoms with van der Waals surface area (Å²) < 4.78 is 40.1. The van der Waals surface area contributed by atoms with E-state index in [1.165, 1.54) is 4.52 Å². The molecule has 1 fully saturated rings. The van der Waals surface area contributed by atoms with Gasteiger partial charge in [0.15, 0.2) is 5.69 Å². The molecule has 2 atom stereocenters. The van der Waals surface area contributed by atoms with Gasteiger partial charge in [0.1, 0.15) is 12.1 Å². The summed E-state index contributed by atoms with van der Waals surface area (Å²) in [5.41, 5.74) is 4.33. The molecule has 0 saturated heterocycles. The Morgan fingerprint density at radius 1 is 1.35 bits per heavy atom. The van der Waals surface area contributed by atoms with Gasteiger partial charge in [0, 0.05) is 12.1 Å². The number of amides is 1. The molecular formula is C13H15F3N6O. The first-order valence-corrected chi connectivity index (χ1v) is 7.20. The fourth-order valence-electron chi connectivity index (χ4n) is 2.89. The Morgan fingerprint density at radius 3 is 2.78 bits per heavy atom. The molecule has 23 heavy (non-hydrogen) atoms. The van der Waals surface area contributed by atoms with Crippen LogP contribution in [0.3, 0.4) is 0 Å². The molecule has 124 valence electrons. The molecule has 1 aliphatic rings. The van der Waals surface area contributed by atoms with Crippen molar-refractivity contribution in [3.05, 3.63) is 18.1 Å². The zero-order valence-electron chi connectivity index (χ0n) is 12.0. The molecular weight excluding hydrogens is 313 g/mol. The topological polar surface area (TPSA) is 98.2 Å². The van der Waals surface area contributed by atoms with Gasteiger partial charge in [-0.2, -0.15) is 27.8 Å². The number of aromatic nitrogens is 4. The molecule has 3 N–H and O–H groups in total. The molecule has 10 heteroatoms. The van der Waals surface area contributed by atoms with Gasteiger partial charge in [0.2, 0.25) is 5.91 Å². The van der Waals surface area contributed by atoms with Crippen LogP contribution in [0.4, 0.5) is 19.0 Å². The van der Waals surface area contributed by atoms with Crippen LogP contribution in [0, 0.1) is 5.92 Å². The minimum absolute atomic E-state index is 0.0953. The SMILES string of the molecule is NC(=O)C1CCCCC1Nc1cc(C(F)(F)F)nc2ncnn12. The maximum Gasteiger partial charge on any atom is 0.433 e. The summed E-state index contributed by atoms with van der Waals surface area (Å²) in [7, 11) is 0. The van der Waals surface area contributed by atoms with Gasteiger partial charge in [-0.15, -0.1) is 0 Å². The number of primary amides is 1. The van der Waals surface area contributed by atoms with Crippen molar-refractivity contribution in [2.24, 2.45) is 11.7 Å². The summed E-state index contributed by atoms with van der Waals surface area (Å²) in [6.07, 6.45) is -0.466. The van der Waals surface area contributed by atoms with E-state index in [9.17, 15) is 18.0 Å². The minimum Gasteiger partial charge on any atom is -0.369 e. The van der Waals surface area contributed by atoms with Crippen LogP contribution < -0.4 is 11.1 Å². The number of alkyl halides is 3. The lowest BCUT2D eigenvalue weighted by atomic mass is 9.84. The van der Waals surface area contributed by atoms with Gasteiger partial charge in [-0.1, -0.05) is 12.8 Å². The summed E-state index contributed by atoms with van der Waals surface area (Å²) in [4.78, 5) is 18.7. The van der Waals surface area contributed by atoms with Crippen molar-refractivity contribution in [3.8, 4) is 0 Å². The molecule has 0 radical (unpaired) electrons. The standard InChI is InChI=1S/C13H15F3N6O/c14-13(15,16)9-5-10(22-12(21-9)18-6-19-22)20-8-4-2-1-3-7(8)11(17)23/h5-8,20H,1-4H2,(H2,17,23).